The largest absolute Gasteiger partial charge is 0.356 e. The standard InChI is InChI=1S/C20H31N5O/c1-21-20(22-11-5-8-19(26)23-18-9-10-18)25-14-12-24(13-15-25)16-17-6-3-2-4-7-17/h2-4,6-7,18H,5,8-16H2,1H3,(H,21,22)(H,23,26). The second-order valence-corrected chi connectivity index (χ2v) is 7.17. The van der Waals surface area contributed by atoms with E-state index in [1.807, 2.05) is 7.05 Å². The zero-order valence-electron chi connectivity index (χ0n) is 15.8. The van der Waals surface area contributed by atoms with Gasteiger partial charge in [0.25, 0.3) is 0 Å². The van der Waals surface area contributed by atoms with Crippen molar-refractivity contribution in [1.82, 2.24) is 20.4 Å². The maximum absolute atomic E-state index is 11.7. The summed E-state index contributed by atoms with van der Waals surface area (Å²) >= 11 is 0. The minimum Gasteiger partial charge on any atom is -0.356 e. The first-order chi connectivity index (χ1) is 12.7. The summed E-state index contributed by atoms with van der Waals surface area (Å²) in [6.07, 6.45) is 3.72. The summed E-state index contributed by atoms with van der Waals surface area (Å²) in [5, 5.41) is 6.44. The third-order valence-electron chi connectivity index (χ3n) is 4.94. The van der Waals surface area contributed by atoms with Gasteiger partial charge in [-0.25, -0.2) is 0 Å². The lowest BCUT2D eigenvalue weighted by atomic mass is 10.2. The van der Waals surface area contributed by atoms with Crippen molar-refractivity contribution in [2.45, 2.75) is 38.3 Å². The molecule has 1 amide bonds. The summed E-state index contributed by atoms with van der Waals surface area (Å²) < 4.78 is 0. The first-order valence-corrected chi connectivity index (χ1v) is 9.76. The number of amides is 1. The average Bonchev–Trinajstić information content (AvgIpc) is 3.47. The number of nitrogens with zero attached hydrogens (tertiary/aromatic N) is 3. The van der Waals surface area contributed by atoms with Crippen LogP contribution in [0.25, 0.3) is 0 Å². The van der Waals surface area contributed by atoms with Crippen LogP contribution in [0.15, 0.2) is 35.3 Å². The molecule has 1 aliphatic heterocycles. The second kappa shape index (κ2) is 9.57. The van der Waals surface area contributed by atoms with Crippen molar-refractivity contribution in [3.05, 3.63) is 35.9 Å². The van der Waals surface area contributed by atoms with Crippen LogP contribution >= 0.6 is 0 Å². The van der Waals surface area contributed by atoms with E-state index in [-0.39, 0.29) is 5.91 Å². The minimum absolute atomic E-state index is 0.179. The molecule has 1 heterocycles. The quantitative estimate of drug-likeness (QED) is 0.440. The molecule has 142 valence electrons. The highest BCUT2D eigenvalue weighted by Crippen LogP contribution is 2.18. The molecule has 3 rings (SSSR count). The van der Waals surface area contributed by atoms with Crippen molar-refractivity contribution in [3.8, 4) is 0 Å². The molecule has 0 unspecified atom stereocenters. The lowest BCUT2D eigenvalue weighted by Crippen LogP contribution is -2.52. The number of carbonyl (C=O) groups excluding carboxylic acids is 1. The van der Waals surface area contributed by atoms with Gasteiger partial charge in [0.05, 0.1) is 0 Å². The zero-order chi connectivity index (χ0) is 18.2. The van der Waals surface area contributed by atoms with Crippen molar-refractivity contribution in [1.29, 1.82) is 0 Å². The van der Waals surface area contributed by atoms with Gasteiger partial charge in [0.2, 0.25) is 5.91 Å². The highest BCUT2D eigenvalue weighted by Gasteiger charge is 2.23. The molecule has 1 aromatic rings. The summed E-state index contributed by atoms with van der Waals surface area (Å²) in [5.74, 6) is 1.13. The predicted octanol–water partition coefficient (Wildman–Crippen LogP) is 1.44. The monoisotopic (exact) mass is 357 g/mol. The van der Waals surface area contributed by atoms with E-state index in [1.165, 1.54) is 5.56 Å². The van der Waals surface area contributed by atoms with E-state index in [4.69, 9.17) is 0 Å². The summed E-state index contributed by atoms with van der Waals surface area (Å²) in [5.41, 5.74) is 1.37. The van der Waals surface area contributed by atoms with Gasteiger partial charge in [0, 0.05) is 58.8 Å². The molecule has 2 aliphatic rings. The van der Waals surface area contributed by atoms with Crippen LogP contribution < -0.4 is 10.6 Å². The number of aliphatic imine (C=N–C) groups is 1. The number of guanidine groups is 1. The van der Waals surface area contributed by atoms with E-state index >= 15 is 0 Å². The molecule has 1 saturated heterocycles. The predicted molar refractivity (Wildman–Crippen MR) is 105 cm³/mol. The Labute approximate surface area is 156 Å². The van der Waals surface area contributed by atoms with E-state index in [2.05, 4.69) is 55.8 Å². The van der Waals surface area contributed by atoms with Crippen molar-refractivity contribution >= 4 is 11.9 Å². The van der Waals surface area contributed by atoms with Crippen LogP contribution in [0.3, 0.4) is 0 Å². The first kappa shape index (κ1) is 18.7. The molecule has 1 saturated carbocycles. The van der Waals surface area contributed by atoms with Gasteiger partial charge >= 0.3 is 0 Å². The SMILES string of the molecule is CN=C(NCCCC(=O)NC1CC1)N1CCN(Cc2ccccc2)CC1. The van der Waals surface area contributed by atoms with Crippen molar-refractivity contribution < 1.29 is 4.79 Å². The average molecular weight is 358 g/mol. The summed E-state index contributed by atoms with van der Waals surface area (Å²) in [7, 11) is 1.83. The Morgan fingerprint density at radius 1 is 1.15 bits per heavy atom. The molecule has 0 aromatic heterocycles. The van der Waals surface area contributed by atoms with E-state index in [9.17, 15) is 4.79 Å². The maximum atomic E-state index is 11.7. The number of piperazine rings is 1. The fourth-order valence-electron chi connectivity index (χ4n) is 3.27. The van der Waals surface area contributed by atoms with Gasteiger partial charge in [-0.15, -0.1) is 0 Å². The van der Waals surface area contributed by atoms with Gasteiger partial charge in [0.1, 0.15) is 0 Å². The minimum atomic E-state index is 0.179. The van der Waals surface area contributed by atoms with Gasteiger partial charge in [-0.2, -0.15) is 0 Å². The molecule has 2 fully saturated rings. The molecule has 0 bridgehead atoms. The molecule has 26 heavy (non-hydrogen) atoms. The van der Waals surface area contributed by atoms with Gasteiger partial charge in [-0.05, 0) is 24.8 Å². The Hall–Kier alpha value is -2.08. The van der Waals surface area contributed by atoms with Crippen LogP contribution in [-0.4, -0.2) is 67.5 Å². The number of nitrogens with one attached hydrogen (secondary N) is 2. The molecule has 0 radical (unpaired) electrons. The van der Waals surface area contributed by atoms with Crippen LogP contribution in [0, 0.1) is 0 Å². The number of benzene rings is 1. The molecule has 0 atom stereocenters. The van der Waals surface area contributed by atoms with Gasteiger partial charge < -0.3 is 15.5 Å². The molecular weight excluding hydrogens is 326 g/mol. The number of hydrogen-bond acceptors (Lipinski definition) is 3. The summed E-state index contributed by atoms with van der Waals surface area (Å²) in [4.78, 5) is 20.9. The van der Waals surface area contributed by atoms with E-state index in [0.29, 0.717) is 12.5 Å². The highest BCUT2D eigenvalue weighted by atomic mass is 16.1. The van der Waals surface area contributed by atoms with Gasteiger partial charge in [-0.1, -0.05) is 30.3 Å². The highest BCUT2D eigenvalue weighted by molar-refractivity contribution is 5.80. The molecule has 2 N–H and O–H groups in total. The lowest BCUT2D eigenvalue weighted by molar-refractivity contribution is -0.121. The van der Waals surface area contributed by atoms with Crippen molar-refractivity contribution in [3.63, 3.8) is 0 Å². The molecule has 1 aliphatic carbocycles. The van der Waals surface area contributed by atoms with Crippen molar-refractivity contribution in [2.24, 2.45) is 4.99 Å². The topological polar surface area (TPSA) is 60.0 Å². The Morgan fingerprint density at radius 3 is 2.54 bits per heavy atom. The Balaban J connectivity index is 1.33. The summed E-state index contributed by atoms with van der Waals surface area (Å²) in [6, 6.07) is 11.1. The van der Waals surface area contributed by atoms with Crippen LogP contribution in [0.1, 0.15) is 31.2 Å². The third-order valence-corrected chi connectivity index (χ3v) is 4.94. The fraction of sp³-hybridized carbons (Fsp3) is 0.600. The fourth-order valence-corrected chi connectivity index (χ4v) is 3.27. The third kappa shape index (κ3) is 6.02. The van der Waals surface area contributed by atoms with Crippen LogP contribution in [0.5, 0.6) is 0 Å². The molecular formula is C20H31N5O. The Kier molecular flexibility index (Phi) is 6.89. The normalized spacial score (nSPS) is 18.7. The molecule has 0 spiro atoms. The smallest absolute Gasteiger partial charge is 0.220 e. The van der Waals surface area contributed by atoms with E-state index < -0.39 is 0 Å². The Morgan fingerprint density at radius 2 is 1.88 bits per heavy atom. The number of carbonyl (C=O) groups is 1. The van der Waals surface area contributed by atoms with E-state index in [1.54, 1.807) is 0 Å². The van der Waals surface area contributed by atoms with Crippen LogP contribution in [0.2, 0.25) is 0 Å². The molecule has 1 aromatic carbocycles. The number of hydrogen-bond donors (Lipinski definition) is 2. The van der Waals surface area contributed by atoms with Crippen LogP contribution in [-0.2, 0) is 11.3 Å². The van der Waals surface area contributed by atoms with Gasteiger partial charge in [0.15, 0.2) is 5.96 Å². The number of rotatable bonds is 7. The van der Waals surface area contributed by atoms with Crippen molar-refractivity contribution in [2.75, 3.05) is 39.8 Å². The van der Waals surface area contributed by atoms with Gasteiger partial charge in [-0.3, -0.25) is 14.7 Å². The zero-order valence-corrected chi connectivity index (χ0v) is 15.8. The molecule has 6 heteroatoms. The van der Waals surface area contributed by atoms with E-state index in [0.717, 1.165) is 64.5 Å². The first-order valence-electron chi connectivity index (χ1n) is 9.76. The van der Waals surface area contributed by atoms with Crippen LogP contribution in [0.4, 0.5) is 0 Å². The summed E-state index contributed by atoms with van der Waals surface area (Å²) in [6.45, 7) is 5.84. The second-order valence-electron chi connectivity index (χ2n) is 7.17. The lowest BCUT2D eigenvalue weighted by Gasteiger charge is -2.36. The maximum Gasteiger partial charge on any atom is 0.220 e. The molecule has 6 nitrogen and oxygen atoms in total. The Bertz CT molecular complexity index is 591.